The number of benzene rings is 1. The topological polar surface area (TPSA) is 124 Å². The zero-order chi connectivity index (χ0) is 17.7. The van der Waals surface area contributed by atoms with E-state index in [1.807, 2.05) is 0 Å². The van der Waals surface area contributed by atoms with Gasteiger partial charge in [0, 0.05) is 6.20 Å². The Balaban J connectivity index is 2.35. The maximum absolute atomic E-state index is 11.6. The summed E-state index contributed by atoms with van der Waals surface area (Å²) in [6, 6.07) is 5.15. The van der Waals surface area contributed by atoms with Crippen LogP contribution in [0.15, 0.2) is 36.7 Å². The molecule has 0 saturated carbocycles. The Morgan fingerprint density at radius 2 is 1.88 bits per heavy atom. The Morgan fingerprint density at radius 3 is 2.46 bits per heavy atom. The van der Waals surface area contributed by atoms with Crippen molar-refractivity contribution in [3.05, 3.63) is 47.8 Å². The van der Waals surface area contributed by atoms with E-state index in [9.17, 15) is 14.7 Å². The molecule has 1 heterocycles. The van der Waals surface area contributed by atoms with E-state index in [-0.39, 0.29) is 5.56 Å². The number of hydrogen-bond donors (Lipinski definition) is 3. The molecule has 2 rings (SSSR count). The van der Waals surface area contributed by atoms with E-state index in [1.165, 1.54) is 32.7 Å². The lowest BCUT2D eigenvalue weighted by molar-refractivity contribution is -0.138. The number of primary amides is 1. The first-order chi connectivity index (χ1) is 11.5. The Kier molecular flexibility index (Phi) is 5.20. The van der Waals surface area contributed by atoms with Crippen LogP contribution in [0, 0.1) is 0 Å². The predicted molar refractivity (Wildman–Crippen MR) is 86.3 cm³/mol. The van der Waals surface area contributed by atoms with E-state index in [4.69, 9.17) is 15.2 Å². The smallest absolute Gasteiger partial charge is 0.330 e. The zero-order valence-corrected chi connectivity index (χ0v) is 13.1. The second kappa shape index (κ2) is 7.32. The van der Waals surface area contributed by atoms with Gasteiger partial charge in [-0.15, -0.1) is 0 Å². The van der Waals surface area contributed by atoms with Crippen molar-refractivity contribution in [2.45, 2.75) is 6.04 Å². The molecule has 24 heavy (non-hydrogen) atoms. The molecule has 8 nitrogen and oxygen atoms in total. The van der Waals surface area contributed by atoms with Crippen molar-refractivity contribution in [1.82, 2.24) is 4.98 Å². The normalized spacial score (nSPS) is 11.4. The molecule has 1 atom stereocenters. The Morgan fingerprint density at radius 1 is 1.17 bits per heavy atom. The molecular formula is C16H17N3O5. The number of methoxy groups -OCH3 is 2. The average molecular weight is 331 g/mol. The van der Waals surface area contributed by atoms with Crippen molar-refractivity contribution < 1.29 is 24.2 Å². The van der Waals surface area contributed by atoms with Gasteiger partial charge in [0.05, 0.1) is 31.7 Å². The molecule has 1 unspecified atom stereocenters. The number of nitrogens with one attached hydrogen (secondary N) is 1. The number of pyridine rings is 1. The fourth-order valence-electron chi connectivity index (χ4n) is 2.14. The largest absolute Gasteiger partial charge is 0.493 e. The first-order valence-electron chi connectivity index (χ1n) is 6.92. The van der Waals surface area contributed by atoms with E-state index in [0.717, 1.165) is 0 Å². The fourth-order valence-corrected chi connectivity index (χ4v) is 2.14. The van der Waals surface area contributed by atoms with Gasteiger partial charge < -0.3 is 25.6 Å². The molecule has 0 aliphatic rings. The molecule has 1 amide bonds. The van der Waals surface area contributed by atoms with Crippen LogP contribution in [0.1, 0.15) is 22.0 Å². The standard InChI is InChI=1S/C16H17N3O5/c1-23-12-4-3-9(6-13(12)24-2)14(16(21)22)19-11-5-10(15(17)20)7-18-8-11/h3-8,14,19H,1-2H3,(H2,17,20)(H,21,22). The van der Waals surface area contributed by atoms with Crippen LogP contribution in [0.3, 0.4) is 0 Å². The van der Waals surface area contributed by atoms with Crippen molar-refractivity contribution in [2.24, 2.45) is 5.73 Å². The summed E-state index contributed by atoms with van der Waals surface area (Å²) in [5.41, 5.74) is 6.18. The number of carboxylic acid groups (broad SMARTS) is 1. The molecule has 0 fully saturated rings. The summed E-state index contributed by atoms with van der Waals surface area (Å²) in [6.45, 7) is 0. The van der Waals surface area contributed by atoms with Crippen LogP contribution in [0.25, 0.3) is 0 Å². The second-order valence-electron chi connectivity index (χ2n) is 4.86. The maximum atomic E-state index is 11.6. The number of aliphatic carboxylic acids is 1. The molecule has 0 spiro atoms. The molecule has 1 aromatic carbocycles. The number of nitrogens with two attached hydrogens (primary N) is 1. The molecular weight excluding hydrogens is 314 g/mol. The van der Waals surface area contributed by atoms with Crippen LogP contribution in [0.4, 0.5) is 5.69 Å². The molecule has 0 bridgehead atoms. The summed E-state index contributed by atoms with van der Waals surface area (Å²) < 4.78 is 10.3. The van der Waals surface area contributed by atoms with Crippen molar-refractivity contribution in [3.63, 3.8) is 0 Å². The minimum atomic E-state index is -1.10. The summed E-state index contributed by atoms with van der Waals surface area (Å²) in [5, 5.41) is 12.3. The fraction of sp³-hybridized carbons (Fsp3) is 0.188. The Labute approximate surface area is 138 Å². The van der Waals surface area contributed by atoms with Gasteiger partial charge in [-0.1, -0.05) is 6.07 Å². The minimum absolute atomic E-state index is 0.177. The number of carbonyl (C=O) groups excluding carboxylic acids is 1. The number of nitrogens with zero attached hydrogens (tertiary/aromatic N) is 1. The van der Waals surface area contributed by atoms with E-state index in [2.05, 4.69) is 10.3 Å². The molecule has 4 N–H and O–H groups in total. The van der Waals surface area contributed by atoms with E-state index in [1.54, 1.807) is 18.2 Å². The van der Waals surface area contributed by atoms with Gasteiger partial charge >= 0.3 is 5.97 Å². The lowest BCUT2D eigenvalue weighted by Gasteiger charge is -2.18. The number of anilines is 1. The highest BCUT2D eigenvalue weighted by molar-refractivity contribution is 5.93. The summed E-state index contributed by atoms with van der Waals surface area (Å²) >= 11 is 0. The van der Waals surface area contributed by atoms with Gasteiger partial charge in [0.15, 0.2) is 17.5 Å². The molecule has 2 aromatic rings. The average Bonchev–Trinajstić information content (AvgIpc) is 2.59. The molecule has 126 valence electrons. The number of rotatable bonds is 7. The van der Waals surface area contributed by atoms with Gasteiger partial charge in [-0.05, 0) is 23.8 Å². The zero-order valence-electron chi connectivity index (χ0n) is 13.1. The predicted octanol–water partition coefficient (Wildman–Crippen LogP) is 1.44. The Bertz CT molecular complexity index is 763. The third kappa shape index (κ3) is 3.72. The highest BCUT2D eigenvalue weighted by Gasteiger charge is 2.22. The number of hydrogen-bond acceptors (Lipinski definition) is 6. The third-order valence-corrected chi connectivity index (χ3v) is 3.32. The van der Waals surface area contributed by atoms with Crippen LogP contribution >= 0.6 is 0 Å². The summed E-state index contributed by atoms with van der Waals surface area (Å²) in [4.78, 5) is 26.7. The van der Waals surface area contributed by atoms with Gasteiger partial charge in [-0.3, -0.25) is 9.78 Å². The van der Waals surface area contributed by atoms with E-state index < -0.39 is 17.9 Å². The maximum Gasteiger partial charge on any atom is 0.330 e. The van der Waals surface area contributed by atoms with Crippen molar-refractivity contribution in [2.75, 3.05) is 19.5 Å². The van der Waals surface area contributed by atoms with Gasteiger partial charge in [0.25, 0.3) is 0 Å². The van der Waals surface area contributed by atoms with Gasteiger partial charge in [0.1, 0.15) is 0 Å². The third-order valence-electron chi connectivity index (χ3n) is 3.32. The van der Waals surface area contributed by atoms with E-state index in [0.29, 0.717) is 22.7 Å². The molecule has 1 aromatic heterocycles. The van der Waals surface area contributed by atoms with Gasteiger partial charge in [0.2, 0.25) is 5.91 Å². The van der Waals surface area contributed by atoms with Gasteiger partial charge in [-0.25, -0.2) is 4.79 Å². The number of aromatic nitrogens is 1. The molecule has 0 saturated heterocycles. The first-order valence-corrected chi connectivity index (χ1v) is 6.92. The number of carbonyl (C=O) groups is 2. The van der Waals surface area contributed by atoms with E-state index >= 15 is 0 Å². The second-order valence-corrected chi connectivity index (χ2v) is 4.86. The van der Waals surface area contributed by atoms with Crippen molar-refractivity contribution in [3.8, 4) is 11.5 Å². The minimum Gasteiger partial charge on any atom is -0.493 e. The SMILES string of the molecule is COc1ccc(C(Nc2cncc(C(N)=O)c2)C(=O)O)cc1OC. The number of ether oxygens (including phenoxy) is 2. The highest BCUT2D eigenvalue weighted by Crippen LogP contribution is 2.31. The summed E-state index contributed by atoms with van der Waals surface area (Å²) in [5.74, 6) is -0.856. The summed E-state index contributed by atoms with van der Waals surface area (Å²) in [7, 11) is 2.95. The van der Waals surface area contributed by atoms with Gasteiger partial charge in [-0.2, -0.15) is 0 Å². The quantitative estimate of drug-likeness (QED) is 0.701. The van der Waals surface area contributed by atoms with Crippen LogP contribution in [0.5, 0.6) is 11.5 Å². The van der Waals surface area contributed by atoms with Crippen LogP contribution in [-0.4, -0.2) is 36.2 Å². The van der Waals surface area contributed by atoms with Crippen LogP contribution in [-0.2, 0) is 4.79 Å². The number of amides is 1. The monoisotopic (exact) mass is 331 g/mol. The van der Waals surface area contributed by atoms with Crippen molar-refractivity contribution in [1.29, 1.82) is 0 Å². The van der Waals surface area contributed by atoms with Crippen molar-refractivity contribution >= 4 is 17.6 Å². The lowest BCUT2D eigenvalue weighted by atomic mass is 10.1. The lowest BCUT2D eigenvalue weighted by Crippen LogP contribution is -2.21. The Hall–Kier alpha value is -3.29. The molecule has 0 aliphatic heterocycles. The summed E-state index contributed by atoms with van der Waals surface area (Å²) in [6.07, 6.45) is 2.71. The molecule has 0 aliphatic carbocycles. The molecule has 0 radical (unpaired) electrons. The highest BCUT2D eigenvalue weighted by atomic mass is 16.5. The number of carboxylic acids is 1. The van der Waals surface area contributed by atoms with Crippen LogP contribution in [0.2, 0.25) is 0 Å². The first kappa shape index (κ1) is 17.1. The molecule has 8 heteroatoms. The van der Waals surface area contributed by atoms with Crippen LogP contribution < -0.4 is 20.5 Å².